The van der Waals surface area contributed by atoms with E-state index in [1.807, 2.05) is 0 Å². The number of rotatable bonds is 2. The Morgan fingerprint density at radius 1 is 1.33 bits per heavy atom. The lowest BCUT2D eigenvalue weighted by atomic mass is 9.90. The molecule has 1 aliphatic rings. The van der Waals surface area contributed by atoms with Gasteiger partial charge in [0.2, 0.25) is 0 Å². The standard InChI is InChI=1S/C15H21N3/c1-3-15-17-13-10-12(4-5-14(13)18(15)2)11-6-8-16-9-7-11/h4-5,10-11,16H,3,6-9H2,1-2H3. The van der Waals surface area contributed by atoms with Gasteiger partial charge in [-0.15, -0.1) is 0 Å². The van der Waals surface area contributed by atoms with Crippen LogP contribution >= 0.6 is 0 Å². The number of aryl methyl sites for hydroxylation is 2. The molecular formula is C15H21N3. The quantitative estimate of drug-likeness (QED) is 0.878. The minimum atomic E-state index is 0.711. The Morgan fingerprint density at radius 3 is 2.83 bits per heavy atom. The molecule has 1 aromatic carbocycles. The monoisotopic (exact) mass is 243 g/mol. The van der Waals surface area contributed by atoms with Crippen LogP contribution in [0.1, 0.15) is 37.1 Å². The van der Waals surface area contributed by atoms with E-state index in [9.17, 15) is 0 Å². The molecule has 3 rings (SSSR count). The van der Waals surface area contributed by atoms with Crippen LogP contribution < -0.4 is 5.32 Å². The summed E-state index contributed by atoms with van der Waals surface area (Å²) in [5.74, 6) is 1.88. The summed E-state index contributed by atoms with van der Waals surface area (Å²) in [6.45, 7) is 4.45. The van der Waals surface area contributed by atoms with Crippen molar-refractivity contribution in [3.05, 3.63) is 29.6 Å². The summed E-state index contributed by atoms with van der Waals surface area (Å²) in [4.78, 5) is 4.73. The Balaban J connectivity index is 2.00. The predicted molar refractivity (Wildman–Crippen MR) is 74.9 cm³/mol. The number of imidazole rings is 1. The Hall–Kier alpha value is -1.35. The summed E-state index contributed by atoms with van der Waals surface area (Å²) in [7, 11) is 2.11. The SMILES string of the molecule is CCc1nc2cc(C3CCNCC3)ccc2n1C. The molecule has 0 radical (unpaired) electrons. The second kappa shape index (κ2) is 4.73. The first-order valence-electron chi connectivity index (χ1n) is 6.95. The van der Waals surface area contributed by atoms with Gasteiger partial charge < -0.3 is 9.88 Å². The normalized spacial score (nSPS) is 17.4. The molecule has 2 aromatic rings. The van der Waals surface area contributed by atoms with Crippen LogP contribution in [0.2, 0.25) is 0 Å². The molecule has 1 fully saturated rings. The Morgan fingerprint density at radius 2 is 2.11 bits per heavy atom. The molecule has 0 amide bonds. The number of nitrogens with zero attached hydrogens (tertiary/aromatic N) is 2. The van der Waals surface area contributed by atoms with E-state index in [4.69, 9.17) is 4.98 Å². The van der Waals surface area contributed by atoms with Gasteiger partial charge in [-0.25, -0.2) is 4.98 Å². The zero-order chi connectivity index (χ0) is 12.5. The average molecular weight is 243 g/mol. The fraction of sp³-hybridized carbons (Fsp3) is 0.533. The van der Waals surface area contributed by atoms with E-state index < -0.39 is 0 Å². The first-order chi connectivity index (χ1) is 8.79. The summed E-state index contributed by atoms with van der Waals surface area (Å²) in [6.07, 6.45) is 3.49. The van der Waals surface area contributed by atoms with Crippen molar-refractivity contribution in [2.45, 2.75) is 32.1 Å². The van der Waals surface area contributed by atoms with E-state index in [2.05, 4.69) is 42.1 Å². The lowest BCUT2D eigenvalue weighted by molar-refractivity contribution is 0.460. The van der Waals surface area contributed by atoms with Gasteiger partial charge in [0.25, 0.3) is 0 Å². The fourth-order valence-electron chi connectivity index (χ4n) is 2.99. The lowest BCUT2D eigenvalue weighted by Gasteiger charge is -2.22. The van der Waals surface area contributed by atoms with Crippen molar-refractivity contribution >= 4 is 11.0 Å². The third kappa shape index (κ3) is 1.93. The highest BCUT2D eigenvalue weighted by Crippen LogP contribution is 2.28. The van der Waals surface area contributed by atoms with Gasteiger partial charge >= 0.3 is 0 Å². The summed E-state index contributed by atoms with van der Waals surface area (Å²) in [6, 6.07) is 6.82. The maximum absolute atomic E-state index is 4.73. The summed E-state index contributed by atoms with van der Waals surface area (Å²) < 4.78 is 2.21. The van der Waals surface area contributed by atoms with Gasteiger partial charge in [-0.05, 0) is 49.5 Å². The van der Waals surface area contributed by atoms with Crippen molar-refractivity contribution in [2.75, 3.05) is 13.1 Å². The summed E-state index contributed by atoms with van der Waals surface area (Å²) in [5, 5.41) is 3.42. The molecule has 2 heterocycles. The highest BCUT2D eigenvalue weighted by molar-refractivity contribution is 5.77. The molecule has 0 spiro atoms. The third-order valence-corrected chi connectivity index (χ3v) is 4.12. The van der Waals surface area contributed by atoms with E-state index in [0.29, 0.717) is 5.92 Å². The molecule has 0 unspecified atom stereocenters. The molecule has 0 bridgehead atoms. The van der Waals surface area contributed by atoms with Crippen LogP contribution in [0.3, 0.4) is 0 Å². The number of nitrogens with one attached hydrogen (secondary N) is 1. The molecule has 1 aliphatic heterocycles. The Labute approximate surface area is 108 Å². The van der Waals surface area contributed by atoms with Gasteiger partial charge in [0.05, 0.1) is 11.0 Å². The predicted octanol–water partition coefficient (Wildman–Crippen LogP) is 2.60. The van der Waals surface area contributed by atoms with E-state index in [-0.39, 0.29) is 0 Å². The molecule has 3 heteroatoms. The maximum atomic E-state index is 4.73. The number of hydrogen-bond donors (Lipinski definition) is 1. The zero-order valence-electron chi connectivity index (χ0n) is 11.2. The second-order valence-electron chi connectivity index (χ2n) is 5.21. The Bertz CT molecular complexity index is 550. The van der Waals surface area contributed by atoms with Crippen LogP contribution in [0.4, 0.5) is 0 Å². The van der Waals surface area contributed by atoms with Gasteiger partial charge in [0.1, 0.15) is 5.82 Å². The van der Waals surface area contributed by atoms with Gasteiger partial charge in [0, 0.05) is 13.5 Å². The van der Waals surface area contributed by atoms with Crippen LogP contribution in [0.5, 0.6) is 0 Å². The molecule has 0 aliphatic carbocycles. The summed E-state index contributed by atoms with van der Waals surface area (Å²) in [5.41, 5.74) is 3.87. The third-order valence-electron chi connectivity index (χ3n) is 4.12. The van der Waals surface area contributed by atoms with Crippen molar-refractivity contribution in [2.24, 2.45) is 7.05 Å². The minimum absolute atomic E-state index is 0.711. The highest BCUT2D eigenvalue weighted by Gasteiger charge is 2.16. The molecule has 18 heavy (non-hydrogen) atoms. The van der Waals surface area contributed by atoms with Crippen molar-refractivity contribution in [1.29, 1.82) is 0 Å². The molecule has 3 nitrogen and oxygen atoms in total. The van der Waals surface area contributed by atoms with E-state index in [1.54, 1.807) is 0 Å². The molecule has 1 aromatic heterocycles. The molecule has 1 N–H and O–H groups in total. The fourth-order valence-corrected chi connectivity index (χ4v) is 2.99. The summed E-state index contributed by atoms with van der Waals surface area (Å²) >= 11 is 0. The van der Waals surface area contributed by atoms with E-state index >= 15 is 0 Å². The molecule has 1 saturated heterocycles. The first-order valence-corrected chi connectivity index (χ1v) is 6.95. The number of aromatic nitrogens is 2. The van der Waals surface area contributed by atoms with Crippen molar-refractivity contribution in [3.63, 3.8) is 0 Å². The highest BCUT2D eigenvalue weighted by atomic mass is 15.1. The van der Waals surface area contributed by atoms with Gasteiger partial charge in [-0.1, -0.05) is 13.0 Å². The number of hydrogen-bond acceptors (Lipinski definition) is 2. The van der Waals surface area contributed by atoms with Crippen LogP contribution in [0.15, 0.2) is 18.2 Å². The van der Waals surface area contributed by atoms with E-state index in [0.717, 1.165) is 25.0 Å². The number of piperidine rings is 1. The molecule has 96 valence electrons. The number of benzene rings is 1. The zero-order valence-corrected chi connectivity index (χ0v) is 11.2. The second-order valence-corrected chi connectivity index (χ2v) is 5.21. The first kappa shape index (κ1) is 11.7. The molecule has 0 saturated carbocycles. The van der Waals surface area contributed by atoms with Gasteiger partial charge in [0.15, 0.2) is 0 Å². The van der Waals surface area contributed by atoms with Crippen LogP contribution in [0, 0.1) is 0 Å². The van der Waals surface area contributed by atoms with Crippen LogP contribution in [0.25, 0.3) is 11.0 Å². The smallest absolute Gasteiger partial charge is 0.109 e. The molecular weight excluding hydrogens is 222 g/mol. The van der Waals surface area contributed by atoms with Crippen LogP contribution in [-0.2, 0) is 13.5 Å². The molecule has 0 atom stereocenters. The number of fused-ring (bicyclic) bond motifs is 1. The average Bonchev–Trinajstić information content (AvgIpc) is 2.76. The van der Waals surface area contributed by atoms with Crippen molar-refractivity contribution in [3.8, 4) is 0 Å². The maximum Gasteiger partial charge on any atom is 0.109 e. The topological polar surface area (TPSA) is 29.9 Å². The van der Waals surface area contributed by atoms with Crippen molar-refractivity contribution in [1.82, 2.24) is 14.9 Å². The van der Waals surface area contributed by atoms with Gasteiger partial charge in [-0.3, -0.25) is 0 Å². The van der Waals surface area contributed by atoms with Crippen LogP contribution in [-0.4, -0.2) is 22.6 Å². The minimum Gasteiger partial charge on any atom is -0.331 e. The van der Waals surface area contributed by atoms with Crippen molar-refractivity contribution < 1.29 is 0 Å². The van der Waals surface area contributed by atoms with Gasteiger partial charge in [-0.2, -0.15) is 0 Å². The largest absolute Gasteiger partial charge is 0.331 e. The lowest BCUT2D eigenvalue weighted by Crippen LogP contribution is -2.26. The van der Waals surface area contributed by atoms with E-state index in [1.165, 1.54) is 29.7 Å². The Kier molecular flexibility index (Phi) is 3.08.